The van der Waals surface area contributed by atoms with E-state index in [1.807, 2.05) is 0 Å². The summed E-state index contributed by atoms with van der Waals surface area (Å²) in [6.45, 7) is 2.62. The van der Waals surface area contributed by atoms with E-state index < -0.39 is 0 Å². The molecule has 0 amide bonds. The topological polar surface area (TPSA) is 29.3 Å². The fraction of sp³-hybridized carbons (Fsp3) is 0.300. The molecule has 0 bridgehead atoms. The van der Waals surface area contributed by atoms with Gasteiger partial charge in [0.05, 0.1) is 4.99 Å². The minimum Gasteiger partial charge on any atom is -0.392 e. The Hall–Kier alpha value is -0.450. The normalized spacial score (nSPS) is 15.5. The highest BCUT2D eigenvalue weighted by atomic mass is 79.9. The third-order valence-corrected chi connectivity index (χ3v) is 2.96. The first-order valence-electron chi connectivity index (χ1n) is 4.43. The van der Waals surface area contributed by atoms with Crippen LogP contribution >= 0.6 is 28.1 Å². The predicted molar refractivity (Wildman–Crippen MR) is 65.0 cm³/mol. The van der Waals surface area contributed by atoms with Gasteiger partial charge in [-0.15, -0.1) is 0 Å². The zero-order valence-corrected chi connectivity index (χ0v) is 10.1. The van der Waals surface area contributed by atoms with Gasteiger partial charge in [-0.3, -0.25) is 4.90 Å². The third kappa shape index (κ3) is 2.13. The van der Waals surface area contributed by atoms with E-state index in [9.17, 15) is 0 Å². The first kappa shape index (κ1) is 10.1. The lowest BCUT2D eigenvalue weighted by Gasteiger charge is -2.12. The molecule has 0 aliphatic carbocycles. The number of nitrogens with two attached hydrogens (primary N) is 1. The number of benzene rings is 1. The van der Waals surface area contributed by atoms with Crippen LogP contribution in [-0.4, -0.2) is 16.4 Å². The van der Waals surface area contributed by atoms with Crippen molar-refractivity contribution < 1.29 is 0 Å². The van der Waals surface area contributed by atoms with Crippen molar-refractivity contribution in [1.82, 2.24) is 4.90 Å². The average molecular weight is 271 g/mol. The molecule has 0 aromatic heterocycles. The van der Waals surface area contributed by atoms with Crippen molar-refractivity contribution in [2.24, 2.45) is 5.73 Å². The van der Waals surface area contributed by atoms with E-state index >= 15 is 0 Å². The number of halogens is 1. The van der Waals surface area contributed by atoms with Gasteiger partial charge in [0.1, 0.15) is 0 Å². The molecule has 1 aromatic carbocycles. The highest BCUT2D eigenvalue weighted by molar-refractivity contribution is 9.10. The summed E-state index contributed by atoms with van der Waals surface area (Å²) in [5.41, 5.74) is 8.27. The van der Waals surface area contributed by atoms with Crippen LogP contribution in [0.4, 0.5) is 0 Å². The van der Waals surface area contributed by atoms with Gasteiger partial charge >= 0.3 is 0 Å². The fourth-order valence-electron chi connectivity index (χ4n) is 1.77. The Bertz CT molecular complexity index is 378. The van der Waals surface area contributed by atoms with Gasteiger partial charge < -0.3 is 5.73 Å². The molecule has 2 N–H and O–H groups in total. The van der Waals surface area contributed by atoms with Gasteiger partial charge in [0.15, 0.2) is 0 Å². The first-order chi connectivity index (χ1) is 6.65. The number of nitrogens with zero attached hydrogens (tertiary/aromatic N) is 1. The molecule has 0 fully saturated rings. The van der Waals surface area contributed by atoms with E-state index in [0.29, 0.717) is 11.5 Å². The number of fused-ring (bicyclic) bond motifs is 1. The zero-order valence-electron chi connectivity index (χ0n) is 7.66. The maximum Gasteiger partial charge on any atom is 0.0870 e. The van der Waals surface area contributed by atoms with E-state index in [0.717, 1.165) is 17.6 Å². The van der Waals surface area contributed by atoms with Gasteiger partial charge in [-0.2, -0.15) is 0 Å². The molecule has 2 rings (SSSR count). The fourth-order valence-corrected chi connectivity index (χ4v) is 2.36. The Morgan fingerprint density at radius 2 is 2.14 bits per heavy atom. The van der Waals surface area contributed by atoms with Crippen molar-refractivity contribution in [3.05, 3.63) is 33.8 Å². The molecule has 14 heavy (non-hydrogen) atoms. The van der Waals surface area contributed by atoms with Crippen molar-refractivity contribution in [2.45, 2.75) is 13.1 Å². The Labute approximate surface area is 97.2 Å². The summed E-state index contributed by atoms with van der Waals surface area (Å²) in [5, 5.41) is 0. The van der Waals surface area contributed by atoms with E-state index in [2.05, 4.69) is 39.0 Å². The van der Waals surface area contributed by atoms with Crippen LogP contribution in [0.25, 0.3) is 0 Å². The molecular formula is C10H11BrN2S. The summed E-state index contributed by atoms with van der Waals surface area (Å²) in [4.78, 5) is 2.82. The molecule has 2 nitrogen and oxygen atoms in total. The smallest absolute Gasteiger partial charge is 0.0870 e. The Balaban J connectivity index is 2.14. The van der Waals surface area contributed by atoms with E-state index in [4.69, 9.17) is 18.0 Å². The second-order valence-corrected chi connectivity index (χ2v) is 4.96. The Morgan fingerprint density at radius 3 is 2.86 bits per heavy atom. The van der Waals surface area contributed by atoms with Gasteiger partial charge in [-0.1, -0.05) is 34.2 Å². The van der Waals surface area contributed by atoms with E-state index in [1.165, 1.54) is 11.1 Å². The maximum absolute atomic E-state index is 5.52. The molecule has 1 aliphatic rings. The van der Waals surface area contributed by atoms with Gasteiger partial charge in [0, 0.05) is 24.1 Å². The van der Waals surface area contributed by atoms with Crippen LogP contribution in [-0.2, 0) is 13.1 Å². The minimum atomic E-state index is 0.567. The van der Waals surface area contributed by atoms with E-state index in [1.54, 1.807) is 0 Å². The van der Waals surface area contributed by atoms with Crippen molar-refractivity contribution in [1.29, 1.82) is 0 Å². The zero-order chi connectivity index (χ0) is 10.1. The van der Waals surface area contributed by atoms with Crippen LogP contribution in [0.5, 0.6) is 0 Å². The maximum atomic E-state index is 5.52. The summed E-state index contributed by atoms with van der Waals surface area (Å²) in [7, 11) is 0. The number of hydrogen-bond donors (Lipinski definition) is 1. The molecule has 0 atom stereocenters. The van der Waals surface area contributed by atoms with Crippen LogP contribution in [0.3, 0.4) is 0 Å². The van der Waals surface area contributed by atoms with Crippen LogP contribution in [0.15, 0.2) is 22.7 Å². The molecule has 0 saturated heterocycles. The molecule has 0 unspecified atom stereocenters. The minimum absolute atomic E-state index is 0.567. The molecular weight excluding hydrogens is 260 g/mol. The van der Waals surface area contributed by atoms with Crippen molar-refractivity contribution in [2.75, 3.05) is 6.54 Å². The first-order valence-corrected chi connectivity index (χ1v) is 5.63. The van der Waals surface area contributed by atoms with Gasteiger partial charge in [-0.05, 0) is 23.3 Å². The Morgan fingerprint density at radius 1 is 1.43 bits per heavy atom. The van der Waals surface area contributed by atoms with Crippen molar-refractivity contribution in [3.63, 3.8) is 0 Å². The van der Waals surface area contributed by atoms with Crippen LogP contribution < -0.4 is 5.73 Å². The molecule has 1 heterocycles. The number of thiocarbonyl (C=S) groups is 1. The van der Waals surface area contributed by atoms with Crippen molar-refractivity contribution >= 4 is 33.1 Å². The molecule has 4 heteroatoms. The summed E-state index contributed by atoms with van der Waals surface area (Å²) >= 11 is 8.36. The lowest BCUT2D eigenvalue weighted by molar-refractivity contribution is 0.327. The molecule has 74 valence electrons. The molecule has 1 aliphatic heterocycles. The van der Waals surface area contributed by atoms with Crippen molar-refractivity contribution in [3.8, 4) is 0 Å². The average Bonchev–Trinajstić information content (AvgIpc) is 2.44. The molecule has 1 aromatic rings. The Kier molecular flexibility index (Phi) is 2.85. The standard InChI is InChI=1S/C10H11BrN2S/c11-9-2-1-7-4-13(6-10(12)14)5-8(7)3-9/h1-3H,4-6H2,(H2,12,14). The summed E-state index contributed by atoms with van der Waals surface area (Å²) in [6, 6.07) is 6.39. The van der Waals surface area contributed by atoms with Gasteiger partial charge in [0.2, 0.25) is 0 Å². The monoisotopic (exact) mass is 270 g/mol. The predicted octanol–water partition coefficient (Wildman–Crippen LogP) is 2.05. The third-order valence-electron chi connectivity index (χ3n) is 2.34. The van der Waals surface area contributed by atoms with Gasteiger partial charge in [0.25, 0.3) is 0 Å². The quantitative estimate of drug-likeness (QED) is 0.835. The second kappa shape index (κ2) is 3.96. The second-order valence-electron chi connectivity index (χ2n) is 3.52. The lowest BCUT2D eigenvalue weighted by atomic mass is 10.1. The number of rotatable bonds is 2. The molecule has 0 spiro atoms. The largest absolute Gasteiger partial charge is 0.392 e. The molecule has 0 radical (unpaired) electrons. The van der Waals surface area contributed by atoms with Crippen LogP contribution in [0.2, 0.25) is 0 Å². The van der Waals surface area contributed by atoms with Gasteiger partial charge in [-0.25, -0.2) is 0 Å². The SMILES string of the molecule is NC(=S)CN1Cc2ccc(Br)cc2C1. The highest BCUT2D eigenvalue weighted by Crippen LogP contribution is 2.25. The van der Waals surface area contributed by atoms with Crippen LogP contribution in [0, 0.1) is 0 Å². The highest BCUT2D eigenvalue weighted by Gasteiger charge is 2.18. The summed E-state index contributed by atoms with van der Waals surface area (Å²) in [6.07, 6.45) is 0. The number of hydrogen-bond acceptors (Lipinski definition) is 2. The van der Waals surface area contributed by atoms with E-state index in [-0.39, 0.29) is 0 Å². The summed E-state index contributed by atoms with van der Waals surface area (Å²) in [5.74, 6) is 0. The van der Waals surface area contributed by atoms with Crippen LogP contribution in [0.1, 0.15) is 11.1 Å². The molecule has 0 saturated carbocycles. The summed E-state index contributed by atoms with van der Waals surface area (Å²) < 4.78 is 1.13. The lowest BCUT2D eigenvalue weighted by Crippen LogP contribution is -2.28.